The maximum atomic E-state index is 14.8. The predicted molar refractivity (Wildman–Crippen MR) is 126 cm³/mol. The Morgan fingerprint density at radius 1 is 1.03 bits per heavy atom. The zero-order valence-corrected chi connectivity index (χ0v) is 19.6. The number of anilines is 1. The summed E-state index contributed by atoms with van der Waals surface area (Å²) < 4.78 is 36.6. The zero-order valence-electron chi connectivity index (χ0n) is 19.6. The van der Waals surface area contributed by atoms with Crippen LogP contribution >= 0.6 is 0 Å². The molecule has 3 aromatic heterocycles. The number of rotatable bonds is 4. The molecule has 1 atom stereocenters. The highest BCUT2D eigenvalue weighted by Crippen LogP contribution is 2.35. The van der Waals surface area contributed by atoms with Crippen molar-refractivity contribution in [1.82, 2.24) is 29.7 Å². The average Bonchev–Trinajstić information content (AvgIpc) is 3.62. The number of ether oxygens (including phenoxy) is 1. The molecule has 4 heterocycles. The van der Waals surface area contributed by atoms with Gasteiger partial charge in [0, 0.05) is 36.5 Å². The van der Waals surface area contributed by atoms with Crippen LogP contribution in [0.25, 0.3) is 22.4 Å². The second-order valence-electron chi connectivity index (χ2n) is 9.21. The molecule has 1 aliphatic carbocycles. The van der Waals surface area contributed by atoms with Crippen LogP contribution in [0.5, 0.6) is 0 Å². The van der Waals surface area contributed by atoms with E-state index in [1.165, 1.54) is 12.1 Å². The number of aryl methyl sites for hydroxylation is 2. The zero-order chi connectivity index (χ0) is 24.1. The van der Waals surface area contributed by atoms with Crippen LogP contribution in [0.4, 0.5) is 14.7 Å². The highest BCUT2D eigenvalue weighted by Gasteiger charge is 2.28. The summed E-state index contributed by atoms with van der Waals surface area (Å²) >= 11 is 0. The van der Waals surface area contributed by atoms with Crippen molar-refractivity contribution in [2.24, 2.45) is 0 Å². The Morgan fingerprint density at radius 2 is 1.86 bits per heavy atom. The first kappa shape index (κ1) is 22.0. The highest BCUT2D eigenvalue weighted by molar-refractivity contribution is 5.88. The molecule has 6 rings (SSSR count). The first-order valence-corrected chi connectivity index (χ1v) is 11.9. The Balaban J connectivity index is 1.43. The van der Waals surface area contributed by atoms with Crippen LogP contribution in [0, 0.1) is 25.5 Å². The fourth-order valence-electron chi connectivity index (χ4n) is 4.38. The number of aromatic nitrogens is 6. The fourth-order valence-corrected chi connectivity index (χ4v) is 4.38. The molecule has 2 aliphatic rings. The van der Waals surface area contributed by atoms with E-state index in [1.807, 2.05) is 29.6 Å². The van der Waals surface area contributed by atoms with Gasteiger partial charge in [-0.05, 0) is 45.2 Å². The smallest absolute Gasteiger partial charge is 0.228 e. The SMILES string of the molecule is Cc1nc2nc(N3CCCO[C@H](c4cnn(C5CC5)c4)C3)nc(-c3ccc(F)cc3F)c2nc1C. The molecular formula is C25H25F2N7O. The van der Waals surface area contributed by atoms with Crippen LogP contribution in [-0.4, -0.2) is 49.4 Å². The molecule has 1 saturated heterocycles. The molecule has 2 fully saturated rings. The van der Waals surface area contributed by atoms with Crippen molar-refractivity contribution >= 4 is 17.1 Å². The van der Waals surface area contributed by atoms with Crippen molar-refractivity contribution < 1.29 is 13.5 Å². The van der Waals surface area contributed by atoms with Crippen molar-refractivity contribution in [3.63, 3.8) is 0 Å². The maximum Gasteiger partial charge on any atom is 0.228 e. The minimum absolute atomic E-state index is 0.158. The van der Waals surface area contributed by atoms with Gasteiger partial charge in [0.1, 0.15) is 28.9 Å². The van der Waals surface area contributed by atoms with Crippen LogP contribution in [0.15, 0.2) is 30.6 Å². The van der Waals surface area contributed by atoms with Crippen molar-refractivity contribution in [3.8, 4) is 11.3 Å². The number of benzene rings is 1. The van der Waals surface area contributed by atoms with Crippen LogP contribution in [0.3, 0.4) is 0 Å². The molecule has 0 radical (unpaired) electrons. The molecule has 4 aromatic rings. The summed E-state index contributed by atoms with van der Waals surface area (Å²) in [4.78, 5) is 20.7. The molecule has 10 heteroatoms. The highest BCUT2D eigenvalue weighted by atomic mass is 19.1. The topological polar surface area (TPSA) is 81.9 Å². The predicted octanol–water partition coefficient (Wildman–Crippen LogP) is 4.48. The van der Waals surface area contributed by atoms with Gasteiger partial charge in [0.05, 0.1) is 30.2 Å². The van der Waals surface area contributed by atoms with Crippen molar-refractivity contribution in [2.75, 3.05) is 24.6 Å². The minimum Gasteiger partial charge on any atom is -0.371 e. The van der Waals surface area contributed by atoms with Crippen LogP contribution in [-0.2, 0) is 4.74 Å². The summed E-state index contributed by atoms with van der Waals surface area (Å²) in [5.74, 6) is -0.943. The summed E-state index contributed by atoms with van der Waals surface area (Å²) in [5, 5.41) is 4.51. The third kappa shape index (κ3) is 4.22. The van der Waals surface area contributed by atoms with E-state index < -0.39 is 11.6 Å². The van der Waals surface area contributed by atoms with Gasteiger partial charge < -0.3 is 9.64 Å². The second-order valence-corrected chi connectivity index (χ2v) is 9.21. The maximum absolute atomic E-state index is 14.8. The minimum atomic E-state index is -0.708. The molecule has 8 nitrogen and oxygen atoms in total. The summed E-state index contributed by atoms with van der Waals surface area (Å²) in [7, 11) is 0. The summed E-state index contributed by atoms with van der Waals surface area (Å²) in [6.45, 7) is 5.48. The lowest BCUT2D eigenvalue weighted by Gasteiger charge is -2.24. The van der Waals surface area contributed by atoms with Crippen molar-refractivity contribution in [3.05, 3.63) is 59.2 Å². The van der Waals surface area contributed by atoms with Gasteiger partial charge in [-0.1, -0.05) is 0 Å². The first-order chi connectivity index (χ1) is 17.0. The van der Waals surface area contributed by atoms with Gasteiger partial charge in [-0.2, -0.15) is 10.1 Å². The van der Waals surface area contributed by atoms with Crippen LogP contribution in [0.2, 0.25) is 0 Å². The van der Waals surface area contributed by atoms with E-state index in [-0.39, 0.29) is 11.7 Å². The second kappa shape index (κ2) is 8.60. The van der Waals surface area contributed by atoms with Gasteiger partial charge >= 0.3 is 0 Å². The lowest BCUT2D eigenvalue weighted by Crippen LogP contribution is -2.29. The molecule has 1 saturated carbocycles. The molecule has 1 aromatic carbocycles. The molecule has 0 amide bonds. The number of hydrogen-bond donors (Lipinski definition) is 0. The van der Waals surface area contributed by atoms with E-state index in [9.17, 15) is 8.78 Å². The molecule has 180 valence electrons. The Hall–Kier alpha value is -3.53. The molecule has 0 N–H and O–H groups in total. The van der Waals surface area contributed by atoms with Gasteiger partial charge in [-0.3, -0.25) is 4.68 Å². The summed E-state index contributed by atoms with van der Waals surface area (Å²) in [5.41, 5.74) is 3.66. The third-order valence-electron chi connectivity index (χ3n) is 6.59. The number of fused-ring (bicyclic) bond motifs is 1. The Morgan fingerprint density at radius 3 is 2.66 bits per heavy atom. The Bertz CT molecular complexity index is 1420. The van der Waals surface area contributed by atoms with Gasteiger partial charge in [-0.15, -0.1) is 0 Å². The Kier molecular flexibility index (Phi) is 5.40. The molecule has 0 unspecified atom stereocenters. The van der Waals surface area contributed by atoms with E-state index in [0.29, 0.717) is 54.2 Å². The standard InChI is InChI=1S/C25H25F2N7O/c1-14-15(2)30-24-23(29-14)22(19-7-4-17(26)10-20(19)27)31-25(32-24)33-8-3-9-35-21(13-33)16-11-28-34(12-16)18-5-6-18/h4,7,10-12,18,21H,3,5-6,8-9,13H2,1-2H3/t21-/m0/s1. The Labute approximate surface area is 201 Å². The van der Waals surface area contributed by atoms with Gasteiger partial charge in [0.15, 0.2) is 5.65 Å². The number of hydrogen-bond acceptors (Lipinski definition) is 7. The molecule has 0 bridgehead atoms. The third-order valence-corrected chi connectivity index (χ3v) is 6.59. The van der Waals surface area contributed by atoms with E-state index in [2.05, 4.69) is 21.3 Å². The van der Waals surface area contributed by atoms with Gasteiger partial charge in [0.25, 0.3) is 0 Å². The molecule has 1 aliphatic heterocycles. The summed E-state index contributed by atoms with van der Waals surface area (Å²) in [6, 6.07) is 3.94. The molecular weight excluding hydrogens is 452 g/mol. The number of halogens is 2. The average molecular weight is 478 g/mol. The van der Waals surface area contributed by atoms with E-state index in [4.69, 9.17) is 14.7 Å². The van der Waals surface area contributed by atoms with E-state index in [1.54, 1.807) is 0 Å². The number of nitrogens with zero attached hydrogens (tertiary/aromatic N) is 7. The molecule has 0 spiro atoms. The first-order valence-electron chi connectivity index (χ1n) is 11.9. The lowest BCUT2D eigenvalue weighted by molar-refractivity contribution is 0.0685. The fraction of sp³-hybridized carbons (Fsp3) is 0.400. The van der Waals surface area contributed by atoms with Gasteiger partial charge in [-0.25, -0.2) is 23.7 Å². The molecule has 35 heavy (non-hydrogen) atoms. The lowest BCUT2D eigenvalue weighted by atomic mass is 10.1. The normalized spacial score (nSPS) is 18.7. The quantitative estimate of drug-likeness (QED) is 0.429. The van der Waals surface area contributed by atoms with Gasteiger partial charge in [0.2, 0.25) is 5.95 Å². The van der Waals surface area contributed by atoms with Crippen LogP contribution < -0.4 is 4.90 Å². The van der Waals surface area contributed by atoms with Crippen molar-refractivity contribution in [2.45, 2.75) is 45.3 Å². The van der Waals surface area contributed by atoms with Crippen LogP contribution in [0.1, 0.15) is 48.4 Å². The van der Waals surface area contributed by atoms with E-state index in [0.717, 1.165) is 36.6 Å². The largest absolute Gasteiger partial charge is 0.371 e. The monoisotopic (exact) mass is 477 g/mol. The van der Waals surface area contributed by atoms with Crippen molar-refractivity contribution in [1.29, 1.82) is 0 Å². The summed E-state index contributed by atoms with van der Waals surface area (Å²) in [6.07, 6.45) is 6.84. The van der Waals surface area contributed by atoms with E-state index >= 15 is 0 Å².